The number of nitrogens with one attached hydrogen (secondary N) is 2. The number of amides is 1. The van der Waals surface area contributed by atoms with E-state index in [-0.39, 0.29) is 18.4 Å². The quantitative estimate of drug-likeness (QED) is 0.785. The van der Waals surface area contributed by atoms with E-state index in [0.29, 0.717) is 6.42 Å². The van der Waals surface area contributed by atoms with Gasteiger partial charge in [-0.3, -0.25) is 4.79 Å². The molecule has 1 aromatic heterocycles. The van der Waals surface area contributed by atoms with Crippen LogP contribution >= 0.6 is 0 Å². The summed E-state index contributed by atoms with van der Waals surface area (Å²) in [5, 5.41) is 13.0. The summed E-state index contributed by atoms with van der Waals surface area (Å²) >= 11 is 0. The Labute approximate surface area is 133 Å². The lowest BCUT2D eigenvalue weighted by Crippen LogP contribution is -2.46. The lowest BCUT2D eigenvalue weighted by Gasteiger charge is -2.17. The molecule has 1 amide bonds. The second-order valence-corrected chi connectivity index (χ2v) is 5.98. The number of carboxylic acid groups (broad SMARTS) is 1. The van der Waals surface area contributed by atoms with Gasteiger partial charge in [-0.2, -0.15) is 0 Å². The van der Waals surface area contributed by atoms with Gasteiger partial charge in [0.05, 0.1) is 6.10 Å². The van der Waals surface area contributed by atoms with Crippen molar-refractivity contribution in [3.05, 3.63) is 36.0 Å². The van der Waals surface area contributed by atoms with E-state index in [2.05, 4.69) is 10.3 Å². The van der Waals surface area contributed by atoms with Gasteiger partial charge >= 0.3 is 5.97 Å². The number of carbonyl (C=O) groups excluding carboxylic acids is 1. The molecule has 1 fully saturated rings. The molecule has 3 unspecified atom stereocenters. The Balaban J connectivity index is 1.72. The van der Waals surface area contributed by atoms with E-state index < -0.39 is 18.1 Å². The van der Waals surface area contributed by atoms with Crippen LogP contribution in [0.25, 0.3) is 10.9 Å². The standard InChI is InChI=1S/C17H20N2O4/c1-10-6-7-15(23-10)16(20)19-14(17(21)22)8-11-9-18-13-5-3-2-4-12(11)13/h2-5,9-10,14-15,18H,6-8H2,1H3,(H,19,20)(H,21,22). The largest absolute Gasteiger partial charge is 0.480 e. The van der Waals surface area contributed by atoms with Crippen molar-refractivity contribution >= 4 is 22.8 Å². The van der Waals surface area contributed by atoms with Crippen LogP contribution in [-0.2, 0) is 20.7 Å². The van der Waals surface area contributed by atoms with Crippen molar-refractivity contribution in [2.45, 2.75) is 44.4 Å². The monoisotopic (exact) mass is 316 g/mol. The second kappa shape index (κ2) is 6.42. The lowest BCUT2D eigenvalue weighted by atomic mass is 10.0. The summed E-state index contributed by atoms with van der Waals surface area (Å²) in [5.41, 5.74) is 1.82. The predicted molar refractivity (Wildman–Crippen MR) is 85.1 cm³/mol. The van der Waals surface area contributed by atoms with Crippen LogP contribution in [0.15, 0.2) is 30.5 Å². The predicted octanol–water partition coefficient (Wildman–Crippen LogP) is 1.85. The van der Waals surface area contributed by atoms with Crippen LogP contribution < -0.4 is 5.32 Å². The SMILES string of the molecule is CC1CCC(C(=O)NC(Cc2c[nH]c3ccccc23)C(=O)O)O1. The zero-order valence-corrected chi connectivity index (χ0v) is 12.9. The highest BCUT2D eigenvalue weighted by molar-refractivity contribution is 5.88. The van der Waals surface area contributed by atoms with Crippen LogP contribution in [0.4, 0.5) is 0 Å². The molecule has 1 aliphatic heterocycles. The Kier molecular flexibility index (Phi) is 4.34. The van der Waals surface area contributed by atoms with E-state index in [4.69, 9.17) is 4.74 Å². The molecular formula is C17H20N2O4. The third-order valence-electron chi connectivity index (χ3n) is 4.24. The number of aromatic nitrogens is 1. The van der Waals surface area contributed by atoms with Gasteiger partial charge in [-0.25, -0.2) is 4.79 Å². The molecule has 0 spiro atoms. The van der Waals surface area contributed by atoms with E-state index in [1.807, 2.05) is 31.2 Å². The molecule has 2 heterocycles. The number of fused-ring (bicyclic) bond motifs is 1. The molecular weight excluding hydrogens is 296 g/mol. The van der Waals surface area contributed by atoms with Crippen LogP contribution in [0.1, 0.15) is 25.3 Å². The van der Waals surface area contributed by atoms with Gasteiger partial charge in [0, 0.05) is 23.5 Å². The van der Waals surface area contributed by atoms with Crippen molar-refractivity contribution in [1.82, 2.24) is 10.3 Å². The van der Waals surface area contributed by atoms with Crippen LogP contribution in [0.3, 0.4) is 0 Å². The minimum Gasteiger partial charge on any atom is -0.480 e. The molecule has 0 aliphatic carbocycles. The first-order valence-electron chi connectivity index (χ1n) is 7.78. The topological polar surface area (TPSA) is 91.4 Å². The first kappa shape index (κ1) is 15.6. The maximum Gasteiger partial charge on any atom is 0.326 e. The van der Waals surface area contributed by atoms with Crippen molar-refractivity contribution in [1.29, 1.82) is 0 Å². The van der Waals surface area contributed by atoms with Gasteiger partial charge in [-0.15, -0.1) is 0 Å². The summed E-state index contributed by atoms with van der Waals surface area (Å²) < 4.78 is 5.50. The number of carbonyl (C=O) groups is 2. The summed E-state index contributed by atoms with van der Waals surface area (Å²) in [5.74, 6) is -1.39. The first-order chi connectivity index (χ1) is 11.0. The van der Waals surface area contributed by atoms with Gasteiger partial charge in [0.1, 0.15) is 12.1 Å². The molecule has 0 radical (unpaired) electrons. The molecule has 1 saturated heterocycles. The van der Waals surface area contributed by atoms with Crippen LogP contribution in [0.2, 0.25) is 0 Å². The number of hydrogen-bond donors (Lipinski definition) is 3. The highest BCUT2D eigenvalue weighted by atomic mass is 16.5. The maximum absolute atomic E-state index is 12.2. The maximum atomic E-state index is 12.2. The van der Waals surface area contributed by atoms with Crippen LogP contribution in [0, 0.1) is 0 Å². The summed E-state index contributed by atoms with van der Waals surface area (Å²) in [4.78, 5) is 26.8. The zero-order chi connectivity index (χ0) is 16.4. The van der Waals surface area contributed by atoms with Crippen molar-refractivity contribution in [3.8, 4) is 0 Å². The Morgan fingerprint density at radius 3 is 2.87 bits per heavy atom. The molecule has 6 heteroatoms. The molecule has 23 heavy (non-hydrogen) atoms. The normalized spacial score (nSPS) is 22.1. The Hall–Kier alpha value is -2.34. The van der Waals surface area contributed by atoms with Crippen LogP contribution in [-0.4, -0.2) is 40.2 Å². The molecule has 3 N–H and O–H groups in total. The highest BCUT2D eigenvalue weighted by Gasteiger charge is 2.31. The van der Waals surface area contributed by atoms with E-state index >= 15 is 0 Å². The molecule has 6 nitrogen and oxygen atoms in total. The third-order valence-corrected chi connectivity index (χ3v) is 4.24. The average Bonchev–Trinajstić information content (AvgIpc) is 3.13. The fraction of sp³-hybridized carbons (Fsp3) is 0.412. The summed E-state index contributed by atoms with van der Waals surface area (Å²) in [7, 11) is 0. The number of rotatable bonds is 5. The molecule has 0 bridgehead atoms. The van der Waals surface area contributed by atoms with Gasteiger partial charge in [0.2, 0.25) is 5.91 Å². The highest BCUT2D eigenvalue weighted by Crippen LogP contribution is 2.21. The Bertz CT molecular complexity index is 724. The number of carboxylic acids is 1. The minimum atomic E-state index is -1.05. The average molecular weight is 316 g/mol. The smallest absolute Gasteiger partial charge is 0.326 e. The Morgan fingerprint density at radius 2 is 2.17 bits per heavy atom. The lowest BCUT2D eigenvalue weighted by molar-refractivity contribution is -0.144. The fourth-order valence-electron chi connectivity index (χ4n) is 2.98. The molecule has 122 valence electrons. The van der Waals surface area contributed by atoms with E-state index in [1.54, 1.807) is 6.20 Å². The first-order valence-corrected chi connectivity index (χ1v) is 7.78. The fourth-order valence-corrected chi connectivity index (χ4v) is 2.98. The van der Waals surface area contributed by atoms with Gasteiger partial charge in [0.15, 0.2) is 0 Å². The number of aliphatic carboxylic acids is 1. The van der Waals surface area contributed by atoms with Gasteiger partial charge in [-0.1, -0.05) is 18.2 Å². The van der Waals surface area contributed by atoms with E-state index in [0.717, 1.165) is 22.9 Å². The molecule has 3 atom stereocenters. The molecule has 2 aromatic rings. The third kappa shape index (κ3) is 3.37. The van der Waals surface area contributed by atoms with E-state index in [1.165, 1.54) is 0 Å². The molecule has 0 saturated carbocycles. The second-order valence-electron chi connectivity index (χ2n) is 5.98. The van der Waals surface area contributed by atoms with Crippen molar-refractivity contribution in [3.63, 3.8) is 0 Å². The van der Waals surface area contributed by atoms with Crippen LogP contribution in [0.5, 0.6) is 0 Å². The summed E-state index contributed by atoms with van der Waals surface area (Å²) in [6, 6.07) is 6.71. The zero-order valence-electron chi connectivity index (χ0n) is 12.9. The summed E-state index contributed by atoms with van der Waals surface area (Å²) in [6.45, 7) is 1.91. The van der Waals surface area contributed by atoms with E-state index in [9.17, 15) is 14.7 Å². The minimum absolute atomic E-state index is 0.0441. The number of ether oxygens (including phenoxy) is 1. The van der Waals surface area contributed by atoms with Gasteiger partial charge in [-0.05, 0) is 31.4 Å². The van der Waals surface area contributed by atoms with Crippen molar-refractivity contribution in [2.24, 2.45) is 0 Å². The number of aromatic amines is 1. The van der Waals surface area contributed by atoms with Crippen molar-refractivity contribution in [2.75, 3.05) is 0 Å². The number of hydrogen-bond acceptors (Lipinski definition) is 3. The Morgan fingerprint density at radius 1 is 1.39 bits per heavy atom. The number of H-pyrrole nitrogens is 1. The summed E-state index contributed by atoms with van der Waals surface area (Å²) in [6.07, 6.45) is 2.97. The number of para-hydroxylation sites is 1. The van der Waals surface area contributed by atoms with Crippen molar-refractivity contribution < 1.29 is 19.4 Å². The molecule has 1 aliphatic rings. The van der Waals surface area contributed by atoms with Gasteiger partial charge < -0.3 is 20.1 Å². The molecule has 1 aromatic carbocycles. The molecule has 3 rings (SSSR count). The number of benzene rings is 1. The van der Waals surface area contributed by atoms with Gasteiger partial charge in [0.25, 0.3) is 0 Å².